The lowest BCUT2D eigenvalue weighted by atomic mass is 10.1. The summed E-state index contributed by atoms with van der Waals surface area (Å²) < 4.78 is 27.1. The van der Waals surface area contributed by atoms with Crippen LogP contribution in [0.2, 0.25) is 0 Å². The van der Waals surface area contributed by atoms with E-state index in [2.05, 4.69) is 18.3 Å². The summed E-state index contributed by atoms with van der Waals surface area (Å²) in [5, 5.41) is 0. The van der Waals surface area contributed by atoms with E-state index in [0.717, 1.165) is 16.1 Å². The number of nitrogens with zero attached hydrogens (tertiary/aromatic N) is 1. The average Bonchev–Trinajstić information content (AvgIpc) is 2.49. The summed E-state index contributed by atoms with van der Waals surface area (Å²) in [6.45, 7) is 8.73. The van der Waals surface area contributed by atoms with Crippen LogP contribution in [0.5, 0.6) is 0 Å². The zero-order chi connectivity index (χ0) is 15.4. The molecule has 0 unspecified atom stereocenters. The molecule has 0 fully saturated rings. The second-order valence-electron chi connectivity index (χ2n) is 4.53. The summed E-state index contributed by atoms with van der Waals surface area (Å²) in [7, 11) is 0. The fourth-order valence-electron chi connectivity index (χ4n) is 1.93. The van der Waals surface area contributed by atoms with Gasteiger partial charge in [0.2, 0.25) is 0 Å². The molecule has 0 aliphatic rings. The normalized spacial score (nSPS) is 10.4. The molecule has 0 spiro atoms. The van der Waals surface area contributed by atoms with Gasteiger partial charge in [0.25, 0.3) is 0 Å². The van der Waals surface area contributed by atoms with Crippen molar-refractivity contribution in [3.05, 3.63) is 65.2 Å². The standard InChI is InChI=1S/C17H15F2NS/c1-4-13-6-5-7-16(17(13)20-3)21-10-12-8-14(18)11(2)15(19)9-12/h4-9H,1,3,10H2,2H3. The first-order valence-corrected chi connectivity index (χ1v) is 7.35. The van der Waals surface area contributed by atoms with Crippen LogP contribution >= 0.6 is 11.8 Å². The molecule has 0 aliphatic carbocycles. The van der Waals surface area contributed by atoms with E-state index in [4.69, 9.17) is 0 Å². The number of para-hydroxylation sites is 1. The predicted octanol–water partition coefficient (Wildman–Crippen LogP) is 5.54. The van der Waals surface area contributed by atoms with E-state index in [0.29, 0.717) is 11.3 Å². The van der Waals surface area contributed by atoms with Crippen molar-refractivity contribution in [2.45, 2.75) is 17.6 Å². The smallest absolute Gasteiger partial charge is 0.129 e. The highest BCUT2D eigenvalue weighted by Crippen LogP contribution is 2.35. The number of hydrogen-bond donors (Lipinski definition) is 0. The number of hydrogen-bond acceptors (Lipinski definition) is 2. The molecule has 1 nitrogen and oxygen atoms in total. The molecule has 108 valence electrons. The number of benzene rings is 2. The van der Waals surface area contributed by atoms with Gasteiger partial charge >= 0.3 is 0 Å². The Hall–Kier alpha value is -1.94. The van der Waals surface area contributed by atoms with E-state index >= 15 is 0 Å². The monoisotopic (exact) mass is 303 g/mol. The molecule has 2 rings (SSSR count). The van der Waals surface area contributed by atoms with Crippen molar-refractivity contribution in [2.24, 2.45) is 4.99 Å². The minimum absolute atomic E-state index is 0.0471. The lowest BCUT2D eigenvalue weighted by Gasteiger charge is -2.09. The van der Waals surface area contributed by atoms with Crippen LogP contribution in [0.25, 0.3) is 6.08 Å². The average molecular weight is 303 g/mol. The molecule has 0 aromatic heterocycles. The van der Waals surface area contributed by atoms with Gasteiger partial charge in [0, 0.05) is 21.8 Å². The van der Waals surface area contributed by atoms with Gasteiger partial charge in [-0.15, -0.1) is 11.8 Å². The molecule has 0 amide bonds. The van der Waals surface area contributed by atoms with Crippen LogP contribution in [0.4, 0.5) is 14.5 Å². The summed E-state index contributed by atoms with van der Waals surface area (Å²) >= 11 is 1.46. The Kier molecular flexibility index (Phi) is 4.91. The second kappa shape index (κ2) is 6.68. The van der Waals surface area contributed by atoms with Crippen molar-refractivity contribution in [2.75, 3.05) is 0 Å². The van der Waals surface area contributed by atoms with Gasteiger partial charge in [-0.2, -0.15) is 0 Å². The van der Waals surface area contributed by atoms with E-state index < -0.39 is 11.6 Å². The van der Waals surface area contributed by atoms with E-state index in [1.54, 1.807) is 6.08 Å². The zero-order valence-electron chi connectivity index (χ0n) is 11.7. The highest BCUT2D eigenvalue weighted by atomic mass is 32.2. The Morgan fingerprint density at radius 2 is 1.90 bits per heavy atom. The Balaban J connectivity index is 2.24. The van der Waals surface area contributed by atoms with Crippen molar-refractivity contribution in [3.63, 3.8) is 0 Å². The van der Waals surface area contributed by atoms with Crippen LogP contribution in [-0.2, 0) is 5.75 Å². The minimum atomic E-state index is -0.521. The first kappa shape index (κ1) is 15.4. The molecule has 0 bridgehead atoms. The van der Waals surface area contributed by atoms with Crippen molar-refractivity contribution in [3.8, 4) is 0 Å². The minimum Gasteiger partial charge on any atom is -0.263 e. The van der Waals surface area contributed by atoms with Crippen LogP contribution in [-0.4, -0.2) is 6.72 Å². The van der Waals surface area contributed by atoms with Gasteiger partial charge in [-0.05, 0) is 37.4 Å². The number of rotatable bonds is 5. The molecule has 21 heavy (non-hydrogen) atoms. The molecule has 0 atom stereocenters. The summed E-state index contributed by atoms with van der Waals surface area (Å²) in [5.41, 5.74) is 2.27. The topological polar surface area (TPSA) is 12.4 Å². The molecule has 4 heteroatoms. The number of aliphatic imine (C=N–C) groups is 1. The van der Waals surface area contributed by atoms with E-state index in [9.17, 15) is 8.78 Å². The van der Waals surface area contributed by atoms with Gasteiger partial charge in [-0.25, -0.2) is 8.78 Å². The quantitative estimate of drug-likeness (QED) is 0.522. The lowest BCUT2D eigenvalue weighted by Crippen LogP contribution is -1.92. The predicted molar refractivity (Wildman–Crippen MR) is 86.4 cm³/mol. The van der Waals surface area contributed by atoms with Gasteiger partial charge in [0.15, 0.2) is 0 Å². The van der Waals surface area contributed by atoms with Crippen LogP contribution in [0.3, 0.4) is 0 Å². The van der Waals surface area contributed by atoms with E-state index in [1.807, 2.05) is 18.2 Å². The van der Waals surface area contributed by atoms with E-state index in [1.165, 1.54) is 30.8 Å². The molecule has 0 aliphatic heterocycles. The third-order valence-electron chi connectivity index (χ3n) is 3.14. The van der Waals surface area contributed by atoms with Crippen molar-refractivity contribution < 1.29 is 8.78 Å². The van der Waals surface area contributed by atoms with Gasteiger partial charge < -0.3 is 0 Å². The van der Waals surface area contributed by atoms with Crippen LogP contribution in [0, 0.1) is 18.6 Å². The van der Waals surface area contributed by atoms with Gasteiger partial charge in [0.1, 0.15) is 11.6 Å². The molecule has 0 saturated carbocycles. The number of thioether (sulfide) groups is 1. The Morgan fingerprint density at radius 1 is 1.24 bits per heavy atom. The summed E-state index contributed by atoms with van der Waals surface area (Å²) in [4.78, 5) is 4.92. The maximum atomic E-state index is 13.5. The Labute approximate surface area is 127 Å². The van der Waals surface area contributed by atoms with Crippen molar-refractivity contribution in [1.29, 1.82) is 0 Å². The van der Waals surface area contributed by atoms with Crippen molar-refractivity contribution in [1.82, 2.24) is 0 Å². The zero-order valence-corrected chi connectivity index (χ0v) is 12.5. The largest absolute Gasteiger partial charge is 0.263 e. The summed E-state index contributed by atoms with van der Waals surface area (Å²) in [6, 6.07) is 8.42. The van der Waals surface area contributed by atoms with Crippen LogP contribution in [0.1, 0.15) is 16.7 Å². The fraction of sp³-hybridized carbons (Fsp3) is 0.118. The fourth-order valence-corrected chi connectivity index (χ4v) is 2.91. The highest BCUT2D eigenvalue weighted by molar-refractivity contribution is 7.98. The maximum absolute atomic E-state index is 13.5. The first-order chi connectivity index (χ1) is 10.1. The highest BCUT2D eigenvalue weighted by Gasteiger charge is 2.09. The molecule has 0 N–H and O–H groups in total. The summed E-state index contributed by atoms with van der Waals surface area (Å²) in [6.07, 6.45) is 1.71. The van der Waals surface area contributed by atoms with E-state index in [-0.39, 0.29) is 5.56 Å². The number of halogens is 2. The van der Waals surface area contributed by atoms with Gasteiger partial charge in [-0.1, -0.05) is 24.8 Å². The SMILES string of the molecule is C=Cc1cccc(SCc2cc(F)c(C)c(F)c2)c1N=C. The molecule has 0 radical (unpaired) electrons. The van der Waals surface area contributed by atoms with Gasteiger partial charge in [0.05, 0.1) is 5.69 Å². The molecule has 2 aromatic rings. The third kappa shape index (κ3) is 3.39. The molecular formula is C17H15F2NS. The molecule has 2 aromatic carbocycles. The van der Waals surface area contributed by atoms with Crippen molar-refractivity contribution >= 4 is 30.2 Å². The molecular weight excluding hydrogens is 288 g/mol. The summed E-state index contributed by atoms with van der Waals surface area (Å²) in [5.74, 6) is -0.586. The van der Waals surface area contributed by atoms with Crippen LogP contribution < -0.4 is 0 Å². The maximum Gasteiger partial charge on any atom is 0.129 e. The lowest BCUT2D eigenvalue weighted by molar-refractivity contribution is 0.566. The Bertz CT molecular complexity index is 672. The van der Waals surface area contributed by atoms with Gasteiger partial charge in [-0.3, -0.25) is 4.99 Å². The third-order valence-corrected chi connectivity index (χ3v) is 4.26. The first-order valence-electron chi connectivity index (χ1n) is 6.36. The Morgan fingerprint density at radius 3 is 2.48 bits per heavy atom. The second-order valence-corrected chi connectivity index (χ2v) is 5.55. The molecule has 0 saturated heterocycles. The van der Waals surface area contributed by atoms with Crippen LogP contribution in [0.15, 0.2) is 46.8 Å². The molecule has 0 heterocycles.